The monoisotopic (exact) mass is 265 g/mol. The summed E-state index contributed by atoms with van der Waals surface area (Å²) >= 11 is 0. The van der Waals surface area contributed by atoms with Gasteiger partial charge in [-0.2, -0.15) is 0 Å². The van der Waals surface area contributed by atoms with Gasteiger partial charge in [0.1, 0.15) is 6.29 Å². The second-order valence-corrected chi connectivity index (χ2v) is 3.85. The van der Waals surface area contributed by atoms with E-state index in [-0.39, 0.29) is 16.3 Å². The molecule has 0 heterocycles. The van der Waals surface area contributed by atoms with Crippen LogP contribution in [0, 0.1) is 0 Å². The largest absolute Gasteiger partial charge is 0.489 e. The maximum absolute atomic E-state index is 13.1. The fraction of sp³-hybridized carbons (Fsp3) is 0.0714. The molecule has 0 unspecified atom stereocenters. The molecule has 0 aromatic heterocycles. The molecule has 0 spiro atoms. The highest BCUT2D eigenvalue weighted by atomic mass is 19.4. The molecule has 0 aliphatic heterocycles. The van der Waals surface area contributed by atoms with Gasteiger partial charge in [0.05, 0.1) is 0 Å². The Morgan fingerprint density at radius 3 is 1.84 bits per heavy atom. The maximum atomic E-state index is 13.1. The Hall–Kier alpha value is -2.30. The Bertz CT molecular complexity index is 549. The SMILES string of the molecule is O=Cc1ccc(N(c2ccccc2)C(F)(F)F)cc1. The second-order valence-electron chi connectivity index (χ2n) is 3.85. The Morgan fingerprint density at radius 1 is 0.842 bits per heavy atom. The maximum Gasteiger partial charge on any atom is 0.489 e. The van der Waals surface area contributed by atoms with Crippen LogP contribution in [0.5, 0.6) is 0 Å². The van der Waals surface area contributed by atoms with Crippen molar-refractivity contribution >= 4 is 17.7 Å². The summed E-state index contributed by atoms with van der Waals surface area (Å²) in [5.74, 6) is 0. The van der Waals surface area contributed by atoms with E-state index in [2.05, 4.69) is 0 Å². The Kier molecular flexibility index (Phi) is 3.55. The van der Waals surface area contributed by atoms with Gasteiger partial charge in [0.15, 0.2) is 0 Å². The number of para-hydroxylation sites is 1. The first-order valence-electron chi connectivity index (χ1n) is 5.49. The summed E-state index contributed by atoms with van der Waals surface area (Å²) < 4.78 is 39.4. The first kappa shape index (κ1) is 13.1. The standard InChI is InChI=1S/C14H10F3NO/c15-14(16,17)18(12-4-2-1-3-5-12)13-8-6-11(10-19)7-9-13/h1-10H. The molecule has 19 heavy (non-hydrogen) atoms. The lowest BCUT2D eigenvalue weighted by Gasteiger charge is -2.27. The van der Waals surface area contributed by atoms with Crippen LogP contribution in [0.2, 0.25) is 0 Å². The number of anilines is 2. The van der Waals surface area contributed by atoms with Crippen LogP contribution >= 0.6 is 0 Å². The molecule has 0 saturated heterocycles. The molecule has 98 valence electrons. The number of alkyl halides is 3. The molecular formula is C14H10F3NO. The molecule has 0 N–H and O–H groups in total. The fourth-order valence-electron chi connectivity index (χ4n) is 1.72. The molecular weight excluding hydrogens is 255 g/mol. The number of aldehydes is 1. The summed E-state index contributed by atoms with van der Waals surface area (Å²) in [7, 11) is 0. The Labute approximate surface area is 108 Å². The van der Waals surface area contributed by atoms with Crippen molar-refractivity contribution in [3.05, 3.63) is 60.2 Å². The number of hydrogen-bond donors (Lipinski definition) is 0. The van der Waals surface area contributed by atoms with E-state index in [1.807, 2.05) is 0 Å². The van der Waals surface area contributed by atoms with E-state index < -0.39 is 6.30 Å². The average Bonchev–Trinajstić information content (AvgIpc) is 2.39. The van der Waals surface area contributed by atoms with Gasteiger partial charge in [0.2, 0.25) is 0 Å². The van der Waals surface area contributed by atoms with Crippen LogP contribution in [-0.4, -0.2) is 12.6 Å². The number of carbonyl (C=O) groups excluding carboxylic acids is 1. The van der Waals surface area contributed by atoms with Crippen LogP contribution in [0.3, 0.4) is 0 Å². The van der Waals surface area contributed by atoms with Crippen molar-refractivity contribution < 1.29 is 18.0 Å². The summed E-state index contributed by atoms with van der Waals surface area (Å²) in [6.07, 6.45) is -3.95. The van der Waals surface area contributed by atoms with E-state index in [4.69, 9.17) is 0 Å². The summed E-state index contributed by atoms with van der Waals surface area (Å²) in [4.78, 5) is 10.8. The van der Waals surface area contributed by atoms with Gasteiger partial charge in [-0.3, -0.25) is 9.69 Å². The zero-order chi connectivity index (χ0) is 13.9. The minimum absolute atomic E-state index is 0.0221. The van der Waals surface area contributed by atoms with Crippen molar-refractivity contribution in [3.8, 4) is 0 Å². The topological polar surface area (TPSA) is 20.3 Å². The second kappa shape index (κ2) is 5.14. The lowest BCUT2D eigenvalue weighted by molar-refractivity contribution is -0.120. The highest BCUT2D eigenvalue weighted by Gasteiger charge is 2.38. The average molecular weight is 265 g/mol. The summed E-state index contributed by atoms with van der Waals surface area (Å²) in [5.41, 5.74) is 0.317. The van der Waals surface area contributed by atoms with Crippen molar-refractivity contribution in [3.63, 3.8) is 0 Å². The molecule has 0 radical (unpaired) electrons. The normalized spacial score (nSPS) is 11.1. The number of carbonyl (C=O) groups is 1. The predicted octanol–water partition coefficient (Wildman–Crippen LogP) is 4.16. The Balaban J connectivity index is 2.46. The zero-order valence-electron chi connectivity index (χ0n) is 9.76. The third-order valence-corrected chi connectivity index (χ3v) is 2.56. The molecule has 0 aliphatic rings. The number of rotatable bonds is 3. The molecule has 2 nitrogen and oxygen atoms in total. The quantitative estimate of drug-likeness (QED) is 0.613. The van der Waals surface area contributed by atoms with E-state index >= 15 is 0 Å². The van der Waals surface area contributed by atoms with Crippen LogP contribution in [0.4, 0.5) is 24.5 Å². The zero-order valence-corrected chi connectivity index (χ0v) is 9.76. The number of benzene rings is 2. The molecule has 2 aromatic rings. The van der Waals surface area contributed by atoms with E-state index in [1.54, 1.807) is 6.07 Å². The molecule has 5 heteroatoms. The highest BCUT2D eigenvalue weighted by Crippen LogP contribution is 2.36. The van der Waals surface area contributed by atoms with Gasteiger partial charge in [0.25, 0.3) is 0 Å². The van der Waals surface area contributed by atoms with Gasteiger partial charge in [-0.15, -0.1) is 13.2 Å². The van der Waals surface area contributed by atoms with Crippen molar-refractivity contribution in [1.82, 2.24) is 0 Å². The van der Waals surface area contributed by atoms with Crippen molar-refractivity contribution in [1.29, 1.82) is 0 Å². The molecule has 0 aliphatic carbocycles. The lowest BCUT2D eigenvalue weighted by Crippen LogP contribution is -2.33. The summed E-state index contributed by atoms with van der Waals surface area (Å²) in [6, 6.07) is 12.7. The van der Waals surface area contributed by atoms with Crippen LogP contribution in [0.1, 0.15) is 10.4 Å². The summed E-state index contributed by atoms with van der Waals surface area (Å²) in [5, 5.41) is 0. The smallest absolute Gasteiger partial charge is 0.298 e. The van der Waals surface area contributed by atoms with Gasteiger partial charge in [-0.1, -0.05) is 18.2 Å². The first-order valence-corrected chi connectivity index (χ1v) is 5.49. The Morgan fingerprint density at radius 2 is 1.37 bits per heavy atom. The van der Waals surface area contributed by atoms with E-state index in [0.29, 0.717) is 11.8 Å². The van der Waals surface area contributed by atoms with E-state index in [0.717, 1.165) is 0 Å². The van der Waals surface area contributed by atoms with Crippen LogP contribution < -0.4 is 4.90 Å². The number of nitrogens with zero attached hydrogens (tertiary/aromatic N) is 1. The van der Waals surface area contributed by atoms with Gasteiger partial charge in [0, 0.05) is 16.9 Å². The lowest BCUT2D eigenvalue weighted by atomic mass is 10.2. The van der Waals surface area contributed by atoms with Gasteiger partial charge in [-0.05, 0) is 36.4 Å². The van der Waals surface area contributed by atoms with Crippen LogP contribution in [-0.2, 0) is 0 Å². The first-order chi connectivity index (χ1) is 9.02. The van der Waals surface area contributed by atoms with Crippen molar-refractivity contribution in [2.45, 2.75) is 6.30 Å². The van der Waals surface area contributed by atoms with Gasteiger partial charge >= 0.3 is 6.30 Å². The predicted molar refractivity (Wildman–Crippen MR) is 66.5 cm³/mol. The number of halogens is 3. The van der Waals surface area contributed by atoms with Crippen molar-refractivity contribution in [2.24, 2.45) is 0 Å². The van der Waals surface area contributed by atoms with Crippen LogP contribution in [0.25, 0.3) is 0 Å². The van der Waals surface area contributed by atoms with Crippen LogP contribution in [0.15, 0.2) is 54.6 Å². The molecule has 2 aromatic carbocycles. The van der Waals surface area contributed by atoms with Crippen molar-refractivity contribution in [2.75, 3.05) is 4.90 Å². The molecule has 0 amide bonds. The minimum atomic E-state index is -4.54. The van der Waals surface area contributed by atoms with Gasteiger partial charge < -0.3 is 0 Å². The third kappa shape index (κ3) is 2.93. The van der Waals surface area contributed by atoms with Gasteiger partial charge in [-0.25, -0.2) is 0 Å². The third-order valence-electron chi connectivity index (χ3n) is 2.56. The molecule has 0 saturated carbocycles. The number of hydrogen-bond acceptors (Lipinski definition) is 2. The summed E-state index contributed by atoms with van der Waals surface area (Å²) in [6.45, 7) is 0. The van der Waals surface area contributed by atoms with E-state index in [9.17, 15) is 18.0 Å². The molecule has 0 fully saturated rings. The molecule has 2 rings (SSSR count). The van der Waals surface area contributed by atoms with E-state index in [1.165, 1.54) is 48.5 Å². The molecule has 0 atom stereocenters. The fourth-order valence-corrected chi connectivity index (χ4v) is 1.72. The minimum Gasteiger partial charge on any atom is -0.298 e. The molecule has 0 bridgehead atoms. The highest BCUT2D eigenvalue weighted by molar-refractivity contribution is 5.76.